The molecule has 0 aromatic heterocycles. The summed E-state index contributed by atoms with van der Waals surface area (Å²) in [6.45, 7) is 6.41. The molecule has 2 aromatic rings. The molecule has 2 aromatic carbocycles. The molecular formula is C22H28N2O3S. The van der Waals surface area contributed by atoms with E-state index in [9.17, 15) is 13.2 Å². The normalized spacial score (nSPS) is 17.2. The van der Waals surface area contributed by atoms with Crippen LogP contribution in [0.4, 0.5) is 0 Å². The van der Waals surface area contributed by atoms with E-state index < -0.39 is 10.0 Å². The number of nitrogens with zero attached hydrogens (tertiary/aromatic N) is 1. The molecule has 1 N–H and O–H groups in total. The fourth-order valence-corrected chi connectivity index (χ4v) is 5.42. The maximum Gasteiger partial charge on any atom is 0.243 e. The molecule has 1 heterocycles. The SMILES string of the molecule is Cc1ccc(C)c(S(=O)(=O)N2CCC(C(=O)N[C@H](C)c3ccccc3)CC2)c1. The molecule has 1 amide bonds. The summed E-state index contributed by atoms with van der Waals surface area (Å²) in [5, 5.41) is 3.06. The zero-order valence-electron chi connectivity index (χ0n) is 16.7. The number of rotatable bonds is 5. The van der Waals surface area contributed by atoms with Crippen LogP contribution in [0.15, 0.2) is 53.4 Å². The topological polar surface area (TPSA) is 66.5 Å². The van der Waals surface area contributed by atoms with Crippen LogP contribution < -0.4 is 5.32 Å². The van der Waals surface area contributed by atoms with Crippen LogP contribution in [-0.4, -0.2) is 31.7 Å². The smallest absolute Gasteiger partial charge is 0.243 e. The van der Waals surface area contributed by atoms with Gasteiger partial charge in [0.2, 0.25) is 15.9 Å². The van der Waals surface area contributed by atoms with Crippen molar-refractivity contribution in [1.29, 1.82) is 0 Å². The first-order valence-corrected chi connectivity index (χ1v) is 11.2. The molecule has 1 atom stereocenters. The quantitative estimate of drug-likeness (QED) is 0.834. The van der Waals surface area contributed by atoms with Crippen molar-refractivity contribution in [3.05, 3.63) is 65.2 Å². The number of nitrogens with one attached hydrogen (secondary N) is 1. The molecular weight excluding hydrogens is 372 g/mol. The lowest BCUT2D eigenvalue weighted by atomic mass is 9.96. The Hall–Kier alpha value is -2.18. The Bertz CT molecular complexity index is 934. The molecule has 6 heteroatoms. The highest BCUT2D eigenvalue weighted by Crippen LogP contribution is 2.27. The van der Waals surface area contributed by atoms with Gasteiger partial charge < -0.3 is 5.32 Å². The summed E-state index contributed by atoms with van der Waals surface area (Å²) >= 11 is 0. The predicted molar refractivity (Wildman–Crippen MR) is 110 cm³/mol. The molecule has 1 aliphatic rings. The third-order valence-electron chi connectivity index (χ3n) is 5.44. The van der Waals surface area contributed by atoms with E-state index in [1.54, 1.807) is 6.07 Å². The Kier molecular flexibility index (Phi) is 6.20. The molecule has 1 fully saturated rings. The lowest BCUT2D eigenvalue weighted by Gasteiger charge is -2.31. The monoisotopic (exact) mass is 400 g/mol. The van der Waals surface area contributed by atoms with Crippen molar-refractivity contribution >= 4 is 15.9 Å². The molecule has 150 valence electrons. The molecule has 0 bridgehead atoms. The van der Waals surface area contributed by atoms with Crippen LogP contribution in [0.3, 0.4) is 0 Å². The highest BCUT2D eigenvalue weighted by Gasteiger charge is 2.33. The number of sulfonamides is 1. The number of piperidine rings is 1. The van der Waals surface area contributed by atoms with Crippen molar-refractivity contribution in [2.24, 2.45) is 5.92 Å². The maximum absolute atomic E-state index is 13.0. The molecule has 28 heavy (non-hydrogen) atoms. The number of carbonyl (C=O) groups is 1. The molecule has 0 radical (unpaired) electrons. The minimum absolute atomic E-state index is 0.000127. The molecule has 5 nitrogen and oxygen atoms in total. The van der Waals surface area contributed by atoms with Crippen LogP contribution in [0.1, 0.15) is 42.5 Å². The summed E-state index contributed by atoms with van der Waals surface area (Å²) in [6.07, 6.45) is 1.08. The molecule has 0 unspecified atom stereocenters. The number of amides is 1. The summed E-state index contributed by atoms with van der Waals surface area (Å²) in [6, 6.07) is 15.3. The van der Waals surface area contributed by atoms with E-state index in [4.69, 9.17) is 0 Å². The van der Waals surface area contributed by atoms with Crippen LogP contribution in [-0.2, 0) is 14.8 Å². The minimum atomic E-state index is -3.53. The van der Waals surface area contributed by atoms with Crippen molar-refractivity contribution in [1.82, 2.24) is 9.62 Å². The number of carbonyl (C=O) groups excluding carboxylic acids is 1. The van der Waals surface area contributed by atoms with Crippen LogP contribution in [0, 0.1) is 19.8 Å². The van der Waals surface area contributed by atoms with Gasteiger partial charge >= 0.3 is 0 Å². The minimum Gasteiger partial charge on any atom is -0.349 e. The van der Waals surface area contributed by atoms with Gasteiger partial charge in [-0.15, -0.1) is 0 Å². The first kappa shape index (κ1) is 20.6. The summed E-state index contributed by atoms with van der Waals surface area (Å²) in [5.41, 5.74) is 2.74. The van der Waals surface area contributed by atoms with E-state index in [2.05, 4.69) is 5.32 Å². The first-order chi connectivity index (χ1) is 13.3. The fourth-order valence-electron chi connectivity index (χ4n) is 3.64. The summed E-state index contributed by atoms with van der Waals surface area (Å²) in [5.74, 6) is -0.156. The van der Waals surface area contributed by atoms with E-state index >= 15 is 0 Å². The van der Waals surface area contributed by atoms with Crippen molar-refractivity contribution in [3.63, 3.8) is 0 Å². The van der Waals surface area contributed by atoms with Gasteiger partial charge in [-0.1, -0.05) is 42.5 Å². The van der Waals surface area contributed by atoms with E-state index in [0.717, 1.165) is 16.7 Å². The van der Waals surface area contributed by atoms with Crippen LogP contribution in [0.2, 0.25) is 0 Å². The second-order valence-electron chi connectivity index (χ2n) is 7.59. The third-order valence-corrected chi connectivity index (χ3v) is 7.49. The van der Waals surface area contributed by atoms with Gasteiger partial charge in [-0.3, -0.25) is 4.79 Å². The fraction of sp³-hybridized carbons (Fsp3) is 0.409. The Balaban J connectivity index is 1.62. The molecule has 0 spiro atoms. The Morgan fingerprint density at radius 2 is 1.71 bits per heavy atom. The Labute approximate surface area is 167 Å². The predicted octanol–water partition coefficient (Wildman–Crippen LogP) is 3.58. The van der Waals surface area contributed by atoms with Crippen molar-refractivity contribution in [2.45, 2.75) is 44.6 Å². The van der Waals surface area contributed by atoms with Crippen LogP contribution in [0.5, 0.6) is 0 Å². The van der Waals surface area contributed by atoms with Crippen molar-refractivity contribution in [2.75, 3.05) is 13.1 Å². The van der Waals surface area contributed by atoms with Crippen LogP contribution in [0.25, 0.3) is 0 Å². The van der Waals surface area contributed by atoms with E-state index in [0.29, 0.717) is 30.8 Å². The standard InChI is InChI=1S/C22H28N2O3S/c1-16-9-10-17(2)21(15-16)28(26,27)24-13-11-20(12-14-24)22(25)23-18(3)19-7-5-4-6-8-19/h4-10,15,18,20H,11-14H2,1-3H3,(H,23,25)/t18-/m1/s1. The lowest BCUT2D eigenvalue weighted by Crippen LogP contribution is -2.43. The zero-order chi connectivity index (χ0) is 20.3. The van der Waals surface area contributed by atoms with E-state index in [1.165, 1.54) is 4.31 Å². The number of hydrogen-bond donors (Lipinski definition) is 1. The number of aryl methyl sites for hydroxylation is 2. The average molecular weight is 401 g/mol. The lowest BCUT2D eigenvalue weighted by molar-refractivity contribution is -0.126. The van der Waals surface area contributed by atoms with Gasteiger partial charge in [-0.05, 0) is 56.4 Å². The highest BCUT2D eigenvalue weighted by molar-refractivity contribution is 7.89. The second-order valence-corrected chi connectivity index (χ2v) is 9.49. The maximum atomic E-state index is 13.0. The highest BCUT2D eigenvalue weighted by atomic mass is 32.2. The molecule has 0 saturated carbocycles. The molecule has 0 aliphatic carbocycles. The molecule has 1 aliphatic heterocycles. The van der Waals surface area contributed by atoms with E-state index in [-0.39, 0.29) is 17.9 Å². The zero-order valence-corrected chi connectivity index (χ0v) is 17.5. The van der Waals surface area contributed by atoms with E-state index in [1.807, 2.05) is 63.2 Å². The van der Waals surface area contributed by atoms with Gasteiger partial charge in [0.25, 0.3) is 0 Å². The summed E-state index contributed by atoms with van der Waals surface area (Å²) < 4.78 is 27.6. The largest absolute Gasteiger partial charge is 0.349 e. The Morgan fingerprint density at radius 3 is 2.36 bits per heavy atom. The molecule has 1 saturated heterocycles. The number of hydrogen-bond acceptors (Lipinski definition) is 3. The van der Waals surface area contributed by atoms with Gasteiger partial charge in [-0.2, -0.15) is 4.31 Å². The Morgan fingerprint density at radius 1 is 1.07 bits per heavy atom. The van der Waals surface area contributed by atoms with Crippen LogP contribution >= 0.6 is 0 Å². The van der Waals surface area contributed by atoms with Crippen molar-refractivity contribution < 1.29 is 13.2 Å². The van der Waals surface area contributed by atoms with Gasteiger partial charge in [0.1, 0.15) is 0 Å². The third kappa shape index (κ3) is 4.45. The molecule has 3 rings (SSSR count). The average Bonchev–Trinajstić information content (AvgIpc) is 2.70. The summed E-state index contributed by atoms with van der Waals surface area (Å²) in [4.78, 5) is 13.0. The van der Waals surface area contributed by atoms with Crippen molar-refractivity contribution in [3.8, 4) is 0 Å². The van der Waals surface area contributed by atoms with Gasteiger partial charge in [0.05, 0.1) is 10.9 Å². The van der Waals surface area contributed by atoms with Gasteiger partial charge in [0, 0.05) is 19.0 Å². The second kappa shape index (κ2) is 8.45. The van der Waals surface area contributed by atoms with Gasteiger partial charge in [0.15, 0.2) is 0 Å². The first-order valence-electron chi connectivity index (χ1n) is 9.72. The number of benzene rings is 2. The van der Waals surface area contributed by atoms with Gasteiger partial charge in [-0.25, -0.2) is 8.42 Å². The summed E-state index contributed by atoms with van der Waals surface area (Å²) in [7, 11) is -3.53.